The van der Waals surface area contributed by atoms with Crippen LogP contribution < -0.4 is 0 Å². The van der Waals surface area contributed by atoms with E-state index < -0.39 is 0 Å². The van der Waals surface area contributed by atoms with Crippen molar-refractivity contribution in [2.45, 2.75) is 20.3 Å². The Kier molecular flexibility index (Phi) is 4.65. The van der Waals surface area contributed by atoms with E-state index in [4.69, 9.17) is 5.26 Å². The zero-order valence-electron chi connectivity index (χ0n) is 9.87. The highest BCUT2D eigenvalue weighted by Gasteiger charge is 2.12. The predicted octanol–water partition coefficient (Wildman–Crippen LogP) is 2.53. The topological polar surface area (TPSA) is 50.1 Å². The van der Waals surface area contributed by atoms with Gasteiger partial charge in [-0.2, -0.15) is 5.26 Å². The summed E-state index contributed by atoms with van der Waals surface area (Å²) in [4.78, 5) is 10.8. The lowest BCUT2D eigenvalue weighted by Gasteiger charge is -2.04. The van der Waals surface area contributed by atoms with Gasteiger partial charge < -0.3 is 4.74 Å². The molecule has 0 spiro atoms. The van der Waals surface area contributed by atoms with Crippen molar-refractivity contribution in [3.8, 4) is 6.07 Å². The second-order valence-corrected chi connectivity index (χ2v) is 3.71. The molecule has 2 rings (SSSR count). The summed E-state index contributed by atoms with van der Waals surface area (Å²) in [6.45, 7) is 3.81. The number of ether oxygens (including phenoxy) is 1. The van der Waals surface area contributed by atoms with Gasteiger partial charge in [0.05, 0.1) is 18.6 Å². The molecule has 0 saturated carbocycles. The molecule has 2 aliphatic rings. The summed E-state index contributed by atoms with van der Waals surface area (Å²) in [6.07, 6.45) is 0.235. The Morgan fingerprint density at radius 1 is 1.59 bits per heavy atom. The number of benzene rings is 1. The molecule has 0 radical (unpaired) electrons. The second-order valence-electron chi connectivity index (χ2n) is 3.71. The molecule has 0 saturated heterocycles. The minimum Gasteiger partial charge on any atom is -0.466 e. The highest BCUT2D eigenvalue weighted by Crippen LogP contribution is 2.12. The fraction of sp³-hybridized carbons (Fsp3) is 0.385. The third-order valence-corrected chi connectivity index (χ3v) is 2.37. The quantitative estimate of drug-likeness (QED) is 0.768. The first-order valence-corrected chi connectivity index (χ1v) is 5.43. The van der Waals surface area contributed by atoms with Gasteiger partial charge in [0, 0.05) is 11.6 Å². The molecule has 0 aromatic carbocycles. The Bertz CT molecular complexity index is 533. The molecule has 90 valence electrons. The van der Waals surface area contributed by atoms with E-state index in [2.05, 4.69) is 4.74 Å². The van der Waals surface area contributed by atoms with Gasteiger partial charge in [-0.25, -0.2) is 4.39 Å². The SMILES string of the molecule is CCOC(=O)C(C)CC#N.Fc1cc2ccc1=2. The Balaban J connectivity index is 0.000000177. The van der Waals surface area contributed by atoms with Gasteiger partial charge in [0.15, 0.2) is 0 Å². The maximum Gasteiger partial charge on any atom is 0.309 e. The zero-order valence-corrected chi connectivity index (χ0v) is 9.87. The van der Waals surface area contributed by atoms with E-state index >= 15 is 0 Å². The first kappa shape index (κ1) is 13.2. The van der Waals surface area contributed by atoms with Crippen molar-refractivity contribution < 1.29 is 13.9 Å². The van der Waals surface area contributed by atoms with E-state index in [9.17, 15) is 9.18 Å². The lowest BCUT2D eigenvalue weighted by molar-refractivity contribution is -0.147. The van der Waals surface area contributed by atoms with Gasteiger partial charge in [0.1, 0.15) is 5.82 Å². The van der Waals surface area contributed by atoms with Crippen molar-refractivity contribution in [1.29, 1.82) is 5.26 Å². The standard InChI is InChI=1S/C7H11NO2.C6H3F/c1-3-10-7(9)6(2)4-5-8;7-6-3-4-1-2-5(4)6/h6H,3-4H2,1-2H3;1-3H. The third-order valence-electron chi connectivity index (χ3n) is 2.37. The Hall–Kier alpha value is -1.89. The molecule has 0 amide bonds. The van der Waals surface area contributed by atoms with Crippen molar-refractivity contribution in [3.63, 3.8) is 0 Å². The van der Waals surface area contributed by atoms with Crippen LogP contribution >= 0.6 is 0 Å². The molecule has 0 bridgehead atoms. The molecule has 2 aliphatic carbocycles. The number of halogens is 1. The number of esters is 1. The summed E-state index contributed by atoms with van der Waals surface area (Å²) in [5, 5.41) is 10.1. The van der Waals surface area contributed by atoms with Crippen molar-refractivity contribution in [2.24, 2.45) is 5.92 Å². The predicted molar refractivity (Wildman–Crippen MR) is 60.1 cm³/mol. The van der Waals surface area contributed by atoms with Crippen LogP contribution in [0.25, 0.3) is 0 Å². The van der Waals surface area contributed by atoms with E-state index in [1.54, 1.807) is 19.9 Å². The van der Waals surface area contributed by atoms with Gasteiger partial charge in [-0.3, -0.25) is 4.79 Å². The number of carbonyl (C=O) groups excluding carboxylic acids is 1. The normalized spacial score (nSPS) is 11.6. The van der Waals surface area contributed by atoms with Crippen LogP contribution in [-0.4, -0.2) is 12.6 Å². The van der Waals surface area contributed by atoms with E-state index in [-0.39, 0.29) is 24.1 Å². The van der Waals surface area contributed by atoms with Crippen molar-refractivity contribution in [2.75, 3.05) is 6.61 Å². The van der Waals surface area contributed by atoms with Crippen LogP contribution in [0.3, 0.4) is 0 Å². The van der Waals surface area contributed by atoms with Gasteiger partial charge in [-0.05, 0) is 18.2 Å². The van der Waals surface area contributed by atoms with E-state index in [1.165, 1.54) is 6.07 Å². The average Bonchev–Trinajstić information content (AvgIpc) is 2.27. The summed E-state index contributed by atoms with van der Waals surface area (Å²) in [5.74, 6) is -0.633. The molecule has 17 heavy (non-hydrogen) atoms. The number of hydrogen-bond acceptors (Lipinski definition) is 3. The number of nitrogens with zero attached hydrogens (tertiary/aromatic N) is 1. The van der Waals surface area contributed by atoms with E-state index in [0.717, 1.165) is 10.4 Å². The monoisotopic (exact) mass is 235 g/mol. The summed E-state index contributed by atoms with van der Waals surface area (Å²) >= 11 is 0. The highest BCUT2D eigenvalue weighted by molar-refractivity contribution is 5.72. The molecule has 0 aliphatic heterocycles. The molecule has 4 heteroatoms. The van der Waals surface area contributed by atoms with Gasteiger partial charge in [-0.15, -0.1) is 0 Å². The summed E-state index contributed by atoms with van der Waals surface area (Å²) in [7, 11) is 0. The first-order chi connectivity index (χ1) is 8.10. The van der Waals surface area contributed by atoms with Crippen molar-refractivity contribution in [3.05, 3.63) is 34.5 Å². The van der Waals surface area contributed by atoms with E-state index in [1.807, 2.05) is 12.1 Å². The summed E-state index contributed by atoms with van der Waals surface area (Å²) < 4.78 is 16.6. The van der Waals surface area contributed by atoms with Crippen LogP contribution in [0.2, 0.25) is 0 Å². The number of hydrogen-bond donors (Lipinski definition) is 0. The van der Waals surface area contributed by atoms with Crippen molar-refractivity contribution >= 4 is 5.97 Å². The van der Waals surface area contributed by atoms with Crippen LogP contribution in [0, 0.1) is 33.5 Å². The summed E-state index contributed by atoms with van der Waals surface area (Å²) in [5.41, 5.74) is 0. The van der Waals surface area contributed by atoms with Crippen LogP contribution in [0.5, 0.6) is 0 Å². The maximum atomic E-state index is 12.0. The minimum atomic E-state index is -0.288. The molecule has 0 aromatic heterocycles. The molecule has 0 fully saturated rings. The minimum absolute atomic E-state index is 0.0579. The Labute approximate surface area is 99.1 Å². The van der Waals surface area contributed by atoms with Gasteiger partial charge >= 0.3 is 5.97 Å². The Morgan fingerprint density at radius 2 is 2.29 bits per heavy atom. The molecular formula is C13H14FNO2. The van der Waals surface area contributed by atoms with E-state index in [0.29, 0.717) is 6.61 Å². The molecule has 1 atom stereocenters. The molecule has 1 unspecified atom stereocenters. The first-order valence-electron chi connectivity index (χ1n) is 5.43. The smallest absolute Gasteiger partial charge is 0.309 e. The van der Waals surface area contributed by atoms with Crippen LogP contribution in [-0.2, 0) is 9.53 Å². The second kappa shape index (κ2) is 6.00. The van der Waals surface area contributed by atoms with Gasteiger partial charge in [-0.1, -0.05) is 19.1 Å². The fourth-order valence-corrected chi connectivity index (χ4v) is 1.25. The lowest BCUT2D eigenvalue weighted by atomic mass is 10.1. The zero-order chi connectivity index (χ0) is 12.8. The van der Waals surface area contributed by atoms with Crippen molar-refractivity contribution in [1.82, 2.24) is 0 Å². The lowest BCUT2D eigenvalue weighted by Crippen LogP contribution is -2.13. The third kappa shape index (κ3) is 3.28. The molecule has 0 aromatic rings. The number of nitriles is 1. The average molecular weight is 235 g/mol. The number of rotatable bonds is 3. The molecule has 3 nitrogen and oxygen atoms in total. The Morgan fingerprint density at radius 3 is 2.53 bits per heavy atom. The highest BCUT2D eigenvalue weighted by atomic mass is 19.1. The molecule has 0 N–H and O–H groups in total. The van der Waals surface area contributed by atoms with Crippen LogP contribution in [0.4, 0.5) is 4.39 Å². The van der Waals surface area contributed by atoms with Gasteiger partial charge in [0.25, 0.3) is 0 Å². The summed E-state index contributed by atoms with van der Waals surface area (Å²) in [6, 6.07) is 7.13. The molecular weight excluding hydrogens is 221 g/mol. The fourth-order valence-electron chi connectivity index (χ4n) is 1.25. The number of carbonyl (C=O) groups is 1. The maximum absolute atomic E-state index is 12.0. The van der Waals surface area contributed by atoms with Crippen LogP contribution in [0.1, 0.15) is 20.3 Å². The molecule has 0 heterocycles. The largest absolute Gasteiger partial charge is 0.466 e. The van der Waals surface area contributed by atoms with Crippen LogP contribution in [0.15, 0.2) is 18.2 Å². The van der Waals surface area contributed by atoms with Gasteiger partial charge in [0.2, 0.25) is 0 Å².